The third-order valence-electron chi connectivity index (χ3n) is 3.30. The minimum absolute atomic E-state index is 0.141. The van der Waals surface area contributed by atoms with E-state index in [2.05, 4.69) is 11.0 Å². The molecule has 100 valence electrons. The Balaban J connectivity index is 2.13. The molecule has 0 amide bonds. The molecule has 0 N–H and O–H groups in total. The first-order valence-electron chi connectivity index (χ1n) is 6.08. The molecule has 1 fully saturated rings. The molecule has 0 aromatic heterocycles. The second kappa shape index (κ2) is 5.78. The number of nitrogens with zero attached hydrogens (tertiary/aromatic N) is 3. The first-order valence-corrected chi connectivity index (χ1v) is 6.08. The summed E-state index contributed by atoms with van der Waals surface area (Å²) >= 11 is 0. The number of hydrogen-bond acceptors (Lipinski definition) is 5. The van der Waals surface area contributed by atoms with Crippen LogP contribution in [0.4, 0.5) is 5.69 Å². The van der Waals surface area contributed by atoms with Crippen molar-refractivity contribution in [3.05, 3.63) is 39.4 Å². The van der Waals surface area contributed by atoms with E-state index in [1.54, 1.807) is 13.0 Å². The second-order valence-corrected chi connectivity index (χ2v) is 4.54. The first-order chi connectivity index (χ1) is 9.11. The smallest absolute Gasteiger partial charge is 0.272 e. The molecule has 1 saturated heterocycles. The van der Waals surface area contributed by atoms with Crippen LogP contribution in [-0.4, -0.2) is 35.6 Å². The SMILES string of the molecule is Cc1c(CN2CCOC(C#N)C2)cccc1[N+](=O)[O-]. The van der Waals surface area contributed by atoms with Gasteiger partial charge in [-0.25, -0.2) is 0 Å². The van der Waals surface area contributed by atoms with Gasteiger partial charge in [-0.1, -0.05) is 12.1 Å². The molecular formula is C13H15N3O3. The van der Waals surface area contributed by atoms with Crippen molar-refractivity contribution >= 4 is 5.69 Å². The summed E-state index contributed by atoms with van der Waals surface area (Å²) in [6, 6.07) is 7.19. The number of hydrogen-bond donors (Lipinski definition) is 0. The van der Waals surface area contributed by atoms with Crippen LogP contribution >= 0.6 is 0 Å². The van der Waals surface area contributed by atoms with E-state index < -0.39 is 6.10 Å². The number of nitro groups is 1. The van der Waals surface area contributed by atoms with Gasteiger partial charge in [-0.3, -0.25) is 15.0 Å². The van der Waals surface area contributed by atoms with E-state index in [1.165, 1.54) is 6.07 Å². The van der Waals surface area contributed by atoms with Crippen molar-refractivity contribution in [2.24, 2.45) is 0 Å². The molecule has 1 unspecified atom stereocenters. The Labute approximate surface area is 111 Å². The molecule has 2 rings (SSSR count). The molecule has 0 aliphatic carbocycles. The lowest BCUT2D eigenvalue weighted by molar-refractivity contribution is -0.385. The van der Waals surface area contributed by atoms with E-state index in [9.17, 15) is 10.1 Å². The van der Waals surface area contributed by atoms with Crippen molar-refractivity contribution in [2.75, 3.05) is 19.7 Å². The fraction of sp³-hybridized carbons (Fsp3) is 0.462. The van der Waals surface area contributed by atoms with Gasteiger partial charge in [-0.05, 0) is 12.5 Å². The molecule has 1 aromatic carbocycles. The molecular weight excluding hydrogens is 246 g/mol. The highest BCUT2D eigenvalue weighted by molar-refractivity contribution is 5.44. The van der Waals surface area contributed by atoms with Crippen LogP contribution in [0.5, 0.6) is 0 Å². The molecule has 0 radical (unpaired) electrons. The van der Waals surface area contributed by atoms with Crippen LogP contribution in [0.25, 0.3) is 0 Å². The van der Waals surface area contributed by atoms with Crippen LogP contribution in [-0.2, 0) is 11.3 Å². The summed E-state index contributed by atoms with van der Waals surface area (Å²) in [6.07, 6.45) is -0.409. The summed E-state index contributed by atoms with van der Waals surface area (Å²) < 4.78 is 5.28. The average Bonchev–Trinajstić information content (AvgIpc) is 2.41. The van der Waals surface area contributed by atoms with Crippen molar-refractivity contribution in [1.29, 1.82) is 5.26 Å². The minimum atomic E-state index is -0.409. The van der Waals surface area contributed by atoms with Gasteiger partial charge in [-0.15, -0.1) is 0 Å². The van der Waals surface area contributed by atoms with Gasteiger partial charge >= 0.3 is 0 Å². The number of benzene rings is 1. The van der Waals surface area contributed by atoms with Crippen molar-refractivity contribution in [1.82, 2.24) is 4.90 Å². The Morgan fingerprint density at radius 3 is 3.11 bits per heavy atom. The zero-order chi connectivity index (χ0) is 13.8. The molecule has 19 heavy (non-hydrogen) atoms. The van der Waals surface area contributed by atoms with Crippen LogP contribution in [0.1, 0.15) is 11.1 Å². The normalized spacial score (nSPS) is 19.9. The highest BCUT2D eigenvalue weighted by atomic mass is 16.6. The van der Waals surface area contributed by atoms with Crippen LogP contribution < -0.4 is 0 Å². The van der Waals surface area contributed by atoms with Gasteiger partial charge in [0.2, 0.25) is 0 Å². The van der Waals surface area contributed by atoms with Crippen LogP contribution in [0.15, 0.2) is 18.2 Å². The number of rotatable bonds is 3. The summed E-state index contributed by atoms with van der Waals surface area (Å²) in [6.45, 7) is 4.16. The molecule has 0 bridgehead atoms. The molecule has 1 aromatic rings. The summed E-state index contributed by atoms with van der Waals surface area (Å²) in [5.41, 5.74) is 1.75. The number of nitro benzene ring substituents is 1. The fourth-order valence-corrected chi connectivity index (χ4v) is 2.20. The lowest BCUT2D eigenvalue weighted by atomic mass is 10.1. The van der Waals surface area contributed by atoms with E-state index in [0.717, 1.165) is 12.1 Å². The van der Waals surface area contributed by atoms with E-state index >= 15 is 0 Å². The summed E-state index contributed by atoms with van der Waals surface area (Å²) in [4.78, 5) is 12.6. The van der Waals surface area contributed by atoms with E-state index in [4.69, 9.17) is 10.00 Å². The molecule has 1 aliphatic rings. The third-order valence-corrected chi connectivity index (χ3v) is 3.30. The Morgan fingerprint density at radius 1 is 1.63 bits per heavy atom. The van der Waals surface area contributed by atoms with Crippen LogP contribution in [0, 0.1) is 28.4 Å². The summed E-state index contributed by atoms with van der Waals surface area (Å²) in [5, 5.41) is 19.7. The Morgan fingerprint density at radius 2 is 2.42 bits per heavy atom. The van der Waals surface area contributed by atoms with Gasteiger partial charge in [0.25, 0.3) is 5.69 Å². The molecule has 1 heterocycles. The third kappa shape index (κ3) is 3.08. The van der Waals surface area contributed by atoms with E-state index in [0.29, 0.717) is 25.3 Å². The fourth-order valence-electron chi connectivity index (χ4n) is 2.20. The van der Waals surface area contributed by atoms with Gasteiger partial charge in [-0.2, -0.15) is 5.26 Å². The van der Waals surface area contributed by atoms with Crippen molar-refractivity contribution in [3.63, 3.8) is 0 Å². The van der Waals surface area contributed by atoms with Crippen molar-refractivity contribution in [2.45, 2.75) is 19.6 Å². The topological polar surface area (TPSA) is 79.4 Å². The molecule has 1 aliphatic heterocycles. The zero-order valence-electron chi connectivity index (χ0n) is 10.7. The zero-order valence-corrected chi connectivity index (χ0v) is 10.7. The molecule has 6 nitrogen and oxygen atoms in total. The van der Waals surface area contributed by atoms with Crippen LogP contribution in [0.2, 0.25) is 0 Å². The molecule has 6 heteroatoms. The summed E-state index contributed by atoms with van der Waals surface area (Å²) in [7, 11) is 0. The predicted octanol–water partition coefficient (Wildman–Crippen LogP) is 1.63. The lowest BCUT2D eigenvalue weighted by Gasteiger charge is -2.29. The Kier molecular flexibility index (Phi) is 4.10. The second-order valence-electron chi connectivity index (χ2n) is 4.54. The van der Waals surface area contributed by atoms with Gasteiger partial charge in [0, 0.05) is 31.3 Å². The molecule has 1 atom stereocenters. The van der Waals surface area contributed by atoms with E-state index in [1.807, 2.05) is 6.07 Å². The molecule has 0 spiro atoms. The van der Waals surface area contributed by atoms with Crippen molar-refractivity contribution in [3.8, 4) is 6.07 Å². The number of ether oxygens (including phenoxy) is 1. The van der Waals surface area contributed by atoms with Gasteiger partial charge in [0.15, 0.2) is 6.10 Å². The summed E-state index contributed by atoms with van der Waals surface area (Å²) in [5.74, 6) is 0. The highest BCUT2D eigenvalue weighted by Gasteiger charge is 2.21. The lowest BCUT2D eigenvalue weighted by Crippen LogP contribution is -2.41. The minimum Gasteiger partial charge on any atom is -0.361 e. The van der Waals surface area contributed by atoms with E-state index in [-0.39, 0.29) is 10.6 Å². The maximum absolute atomic E-state index is 10.9. The van der Waals surface area contributed by atoms with Gasteiger partial charge in [0.1, 0.15) is 0 Å². The van der Waals surface area contributed by atoms with Crippen molar-refractivity contribution < 1.29 is 9.66 Å². The van der Waals surface area contributed by atoms with Crippen LogP contribution in [0.3, 0.4) is 0 Å². The predicted molar refractivity (Wildman–Crippen MR) is 68.5 cm³/mol. The maximum Gasteiger partial charge on any atom is 0.272 e. The quantitative estimate of drug-likeness (QED) is 0.610. The highest BCUT2D eigenvalue weighted by Crippen LogP contribution is 2.22. The number of nitriles is 1. The monoisotopic (exact) mass is 261 g/mol. The largest absolute Gasteiger partial charge is 0.361 e. The Hall–Kier alpha value is -1.97. The Bertz CT molecular complexity index is 524. The maximum atomic E-state index is 10.9. The van der Waals surface area contributed by atoms with Gasteiger partial charge < -0.3 is 4.74 Å². The van der Waals surface area contributed by atoms with Gasteiger partial charge in [0.05, 0.1) is 17.6 Å². The first kappa shape index (κ1) is 13.5. The number of morpholine rings is 1. The molecule has 0 saturated carbocycles. The average molecular weight is 261 g/mol. The standard InChI is InChI=1S/C13H15N3O3/c1-10-11(3-2-4-13(10)16(17)18)8-15-5-6-19-12(7-14)9-15/h2-4,12H,5-6,8-9H2,1H3.